The molecule has 5 nitrogen and oxygen atoms in total. The van der Waals surface area contributed by atoms with Gasteiger partial charge in [0.25, 0.3) is 5.91 Å². The molecule has 2 aromatic rings. The highest BCUT2D eigenvalue weighted by atomic mass is 16.3. The lowest BCUT2D eigenvalue weighted by Gasteiger charge is -2.05. The van der Waals surface area contributed by atoms with E-state index < -0.39 is 0 Å². The molecule has 0 radical (unpaired) electrons. The molecule has 0 aliphatic carbocycles. The SMILES string of the molecule is Cc1cc(C(=O)Nc2ccncc2N)co1. The van der Waals surface area contributed by atoms with Gasteiger partial charge in [-0.1, -0.05) is 0 Å². The maximum Gasteiger partial charge on any atom is 0.258 e. The van der Waals surface area contributed by atoms with E-state index >= 15 is 0 Å². The third kappa shape index (κ3) is 2.03. The van der Waals surface area contributed by atoms with Crippen LogP contribution in [0.15, 0.2) is 35.2 Å². The number of carbonyl (C=O) groups is 1. The first kappa shape index (κ1) is 10.2. The Morgan fingerprint density at radius 3 is 3.00 bits per heavy atom. The van der Waals surface area contributed by atoms with Crippen LogP contribution < -0.4 is 11.1 Å². The maximum absolute atomic E-state index is 11.7. The molecule has 0 bridgehead atoms. The summed E-state index contributed by atoms with van der Waals surface area (Å²) >= 11 is 0. The monoisotopic (exact) mass is 217 g/mol. The Balaban J connectivity index is 2.17. The molecule has 16 heavy (non-hydrogen) atoms. The fourth-order valence-electron chi connectivity index (χ4n) is 1.28. The highest BCUT2D eigenvalue weighted by Gasteiger charge is 2.10. The second-order valence-corrected chi connectivity index (χ2v) is 3.36. The van der Waals surface area contributed by atoms with Crippen molar-refractivity contribution >= 4 is 17.3 Å². The average molecular weight is 217 g/mol. The molecule has 0 aliphatic rings. The van der Waals surface area contributed by atoms with Gasteiger partial charge in [0, 0.05) is 6.20 Å². The second kappa shape index (κ2) is 4.06. The zero-order valence-electron chi connectivity index (χ0n) is 8.73. The molecule has 0 fully saturated rings. The lowest BCUT2D eigenvalue weighted by atomic mass is 10.2. The summed E-state index contributed by atoms with van der Waals surface area (Å²) in [6.45, 7) is 1.78. The number of nitrogen functional groups attached to an aromatic ring is 1. The summed E-state index contributed by atoms with van der Waals surface area (Å²) in [6, 6.07) is 3.30. The number of hydrogen-bond acceptors (Lipinski definition) is 4. The van der Waals surface area contributed by atoms with E-state index in [2.05, 4.69) is 10.3 Å². The predicted octanol–water partition coefficient (Wildman–Crippen LogP) is 1.82. The Bertz CT molecular complexity index is 519. The number of carbonyl (C=O) groups excluding carboxylic acids is 1. The smallest absolute Gasteiger partial charge is 0.258 e. The lowest BCUT2D eigenvalue weighted by molar-refractivity contribution is 0.102. The Morgan fingerprint density at radius 1 is 1.56 bits per heavy atom. The summed E-state index contributed by atoms with van der Waals surface area (Å²) in [5, 5.41) is 2.68. The Hall–Kier alpha value is -2.30. The van der Waals surface area contributed by atoms with Crippen molar-refractivity contribution in [3.8, 4) is 0 Å². The van der Waals surface area contributed by atoms with Crippen LogP contribution in [0.5, 0.6) is 0 Å². The number of hydrogen-bond donors (Lipinski definition) is 2. The van der Waals surface area contributed by atoms with Crippen LogP contribution in [-0.2, 0) is 0 Å². The Kier molecular flexibility index (Phi) is 2.59. The summed E-state index contributed by atoms with van der Waals surface area (Å²) in [7, 11) is 0. The number of aryl methyl sites for hydroxylation is 1. The Morgan fingerprint density at radius 2 is 2.38 bits per heavy atom. The van der Waals surface area contributed by atoms with Crippen molar-refractivity contribution in [2.24, 2.45) is 0 Å². The molecule has 0 spiro atoms. The third-order valence-corrected chi connectivity index (χ3v) is 2.09. The van der Waals surface area contributed by atoms with Gasteiger partial charge in [-0.3, -0.25) is 9.78 Å². The van der Waals surface area contributed by atoms with E-state index in [-0.39, 0.29) is 5.91 Å². The molecule has 1 amide bonds. The van der Waals surface area contributed by atoms with Gasteiger partial charge in [-0.15, -0.1) is 0 Å². The zero-order chi connectivity index (χ0) is 11.5. The molecular formula is C11H11N3O2. The largest absolute Gasteiger partial charge is 0.469 e. The third-order valence-electron chi connectivity index (χ3n) is 2.09. The Labute approximate surface area is 92.3 Å². The van der Waals surface area contributed by atoms with E-state index in [1.54, 1.807) is 25.3 Å². The number of rotatable bonds is 2. The highest BCUT2D eigenvalue weighted by molar-refractivity contribution is 6.05. The van der Waals surface area contributed by atoms with Gasteiger partial charge < -0.3 is 15.5 Å². The van der Waals surface area contributed by atoms with Crippen LogP contribution in [0.3, 0.4) is 0 Å². The van der Waals surface area contributed by atoms with Crippen LogP contribution in [0.1, 0.15) is 16.1 Å². The van der Waals surface area contributed by atoms with Crippen molar-refractivity contribution in [2.45, 2.75) is 6.92 Å². The van der Waals surface area contributed by atoms with Gasteiger partial charge in [-0.05, 0) is 19.1 Å². The molecule has 0 atom stereocenters. The number of furan rings is 1. The predicted molar refractivity (Wildman–Crippen MR) is 60.0 cm³/mol. The number of nitrogens with one attached hydrogen (secondary N) is 1. The van der Waals surface area contributed by atoms with Gasteiger partial charge in [-0.2, -0.15) is 0 Å². The number of nitrogens with zero attached hydrogens (tertiary/aromatic N) is 1. The molecule has 0 aliphatic heterocycles. The molecule has 0 saturated heterocycles. The summed E-state index contributed by atoms with van der Waals surface area (Å²) in [6.07, 6.45) is 4.45. The highest BCUT2D eigenvalue weighted by Crippen LogP contribution is 2.17. The van der Waals surface area contributed by atoms with Gasteiger partial charge in [-0.25, -0.2) is 0 Å². The number of amides is 1. The second-order valence-electron chi connectivity index (χ2n) is 3.36. The molecule has 5 heteroatoms. The molecule has 0 aromatic carbocycles. The molecule has 0 unspecified atom stereocenters. The van der Waals surface area contributed by atoms with Crippen molar-refractivity contribution in [3.63, 3.8) is 0 Å². The first-order valence-electron chi connectivity index (χ1n) is 4.73. The van der Waals surface area contributed by atoms with Crippen molar-refractivity contribution in [3.05, 3.63) is 42.1 Å². The number of pyridine rings is 1. The molecule has 0 saturated carbocycles. The van der Waals surface area contributed by atoms with Crippen molar-refractivity contribution in [1.29, 1.82) is 0 Å². The molecule has 82 valence electrons. The molecule has 2 heterocycles. The minimum Gasteiger partial charge on any atom is -0.469 e. The van der Waals surface area contributed by atoms with Gasteiger partial charge in [0.15, 0.2) is 0 Å². The summed E-state index contributed by atoms with van der Waals surface area (Å²) < 4.78 is 5.05. The fourth-order valence-corrected chi connectivity index (χ4v) is 1.28. The van der Waals surface area contributed by atoms with Crippen LogP contribution in [0.25, 0.3) is 0 Å². The molecule has 2 aromatic heterocycles. The van der Waals surface area contributed by atoms with Gasteiger partial charge in [0.1, 0.15) is 12.0 Å². The van der Waals surface area contributed by atoms with Crippen LogP contribution >= 0.6 is 0 Å². The minimum absolute atomic E-state index is 0.255. The number of aromatic nitrogens is 1. The summed E-state index contributed by atoms with van der Waals surface area (Å²) in [5.41, 5.74) is 7.09. The topological polar surface area (TPSA) is 81.2 Å². The first-order chi connectivity index (χ1) is 7.66. The van der Waals surface area contributed by atoms with E-state index in [9.17, 15) is 4.79 Å². The van der Waals surface area contributed by atoms with Crippen molar-refractivity contribution in [2.75, 3.05) is 11.1 Å². The van der Waals surface area contributed by atoms with E-state index in [0.717, 1.165) is 0 Å². The quantitative estimate of drug-likeness (QED) is 0.803. The van der Waals surface area contributed by atoms with Crippen molar-refractivity contribution in [1.82, 2.24) is 4.98 Å². The zero-order valence-corrected chi connectivity index (χ0v) is 8.73. The van der Waals surface area contributed by atoms with Gasteiger partial charge in [0.05, 0.1) is 23.1 Å². The fraction of sp³-hybridized carbons (Fsp3) is 0.0909. The first-order valence-corrected chi connectivity index (χ1v) is 4.73. The van der Waals surface area contributed by atoms with Gasteiger partial charge >= 0.3 is 0 Å². The summed E-state index contributed by atoms with van der Waals surface area (Å²) in [4.78, 5) is 15.6. The molecule has 3 N–H and O–H groups in total. The minimum atomic E-state index is -0.255. The normalized spacial score (nSPS) is 10.1. The number of anilines is 2. The maximum atomic E-state index is 11.7. The summed E-state index contributed by atoms with van der Waals surface area (Å²) in [5.74, 6) is 0.433. The standard InChI is InChI=1S/C11H11N3O2/c1-7-4-8(6-16-7)11(15)14-10-2-3-13-5-9(10)12/h2-6H,12H2,1H3,(H,13,14,15). The van der Waals surface area contributed by atoms with Crippen molar-refractivity contribution < 1.29 is 9.21 Å². The van der Waals surface area contributed by atoms with E-state index in [0.29, 0.717) is 22.7 Å². The number of nitrogens with two attached hydrogens (primary N) is 1. The van der Waals surface area contributed by atoms with Crippen LogP contribution in [0.4, 0.5) is 11.4 Å². The molecule has 2 rings (SSSR count). The van der Waals surface area contributed by atoms with E-state index in [1.807, 2.05) is 0 Å². The lowest BCUT2D eigenvalue weighted by Crippen LogP contribution is -2.12. The van der Waals surface area contributed by atoms with E-state index in [1.165, 1.54) is 12.5 Å². The van der Waals surface area contributed by atoms with Gasteiger partial charge in [0.2, 0.25) is 0 Å². The van der Waals surface area contributed by atoms with Crippen LogP contribution in [-0.4, -0.2) is 10.9 Å². The van der Waals surface area contributed by atoms with Crippen LogP contribution in [0, 0.1) is 6.92 Å². The van der Waals surface area contributed by atoms with E-state index in [4.69, 9.17) is 10.2 Å². The van der Waals surface area contributed by atoms with Crippen LogP contribution in [0.2, 0.25) is 0 Å². The average Bonchev–Trinajstić information content (AvgIpc) is 2.68. The molecular weight excluding hydrogens is 206 g/mol.